The van der Waals surface area contributed by atoms with Gasteiger partial charge in [-0.05, 0) is 27.1 Å². The van der Waals surface area contributed by atoms with E-state index in [2.05, 4.69) is 31.2 Å². The second kappa shape index (κ2) is 5.79. The maximum atomic E-state index is 11.4. The van der Waals surface area contributed by atoms with Crippen molar-refractivity contribution in [2.75, 3.05) is 5.32 Å². The van der Waals surface area contributed by atoms with E-state index in [1.54, 1.807) is 0 Å². The molecule has 2 rings (SSSR count). The second-order valence-corrected chi connectivity index (χ2v) is 4.56. The zero-order valence-electron chi connectivity index (χ0n) is 9.61. The van der Waals surface area contributed by atoms with Crippen molar-refractivity contribution in [1.29, 1.82) is 0 Å². The van der Waals surface area contributed by atoms with Gasteiger partial charge in [0.05, 0.1) is 6.33 Å². The zero-order chi connectivity index (χ0) is 13.0. The van der Waals surface area contributed by atoms with Gasteiger partial charge >= 0.3 is 0 Å². The van der Waals surface area contributed by atoms with Crippen LogP contribution in [0.2, 0.25) is 0 Å². The SMILES string of the molecule is NCc1cccc(CNc2nc[nH]c(=O)c2Br)c1. The minimum absolute atomic E-state index is 0.205. The Balaban J connectivity index is 2.11. The Morgan fingerprint density at radius 2 is 2.17 bits per heavy atom. The van der Waals surface area contributed by atoms with Gasteiger partial charge in [0.15, 0.2) is 0 Å². The molecule has 0 saturated heterocycles. The molecular weight excluding hydrogens is 296 g/mol. The van der Waals surface area contributed by atoms with Crippen LogP contribution in [0, 0.1) is 0 Å². The minimum atomic E-state index is -0.205. The lowest BCUT2D eigenvalue weighted by Gasteiger charge is -2.07. The molecule has 0 spiro atoms. The van der Waals surface area contributed by atoms with Crippen molar-refractivity contribution >= 4 is 21.7 Å². The highest BCUT2D eigenvalue weighted by Gasteiger charge is 2.04. The Labute approximate surface area is 113 Å². The third-order valence-corrected chi connectivity index (χ3v) is 3.22. The van der Waals surface area contributed by atoms with E-state index in [0.717, 1.165) is 11.1 Å². The highest BCUT2D eigenvalue weighted by Crippen LogP contribution is 2.14. The largest absolute Gasteiger partial charge is 0.365 e. The predicted octanol–water partition coefficient (Wildman–Crippen LogP) is 1.60. The molecule has 0 aliphatic carbocycles. The van der Waals surface area contributed by atoms with E-state index in [-0.39, 0.29) is 5.56 Å². The molecule has 0 saturated carbocycles. The van der Waals surface area contributed by atoms with E-state index in [4.69, 9.17) is 5.73 Å². The number of hydrogen-bond acceptors (Lipinski definition) is 4. The van der Waals surface area contributed by atoms with E-state index in [9.17, 15) is 4.79 Å². The van der Waals surface area contributed by atoms with Crippen LogP contribution in [-0.2, 0) is 13.1 Å². The summed E-state index contributed by atoms with van der Waals surface area (Å²) in [7, 11) is 0. The lowest BCUT2D eigenvalue weighted by Crippen LogP contribution is -2.12. The van der Waals surface area contributed by atoms with Crippen LogP contribution in [-0.4, -0.2) is 9.97 Å². The predicted molar refractivity (Wildman–Crippen MR) is 74.2 cm³/mol. The first-order valence-electron chi connectivity index (χ1n) is 5.45. The van der Waals surface area contributed by atoms with Crippen LogP contribution in [0.15, 0.2) is 39.9 Å². The van der Waals surface area contributed by atoms with Crippen molar-refractivity contribution in [3.8, 4) is 0 Å². The highest BCUT2D eigenvalue weighted by molar-refractivity contribution is 9.10. The number of benzene rings is 1. The molecule has 0 aliphatic rings. The van der Waals surface area contributed by atoms with E-state index in [1.165, 1.54) is 6.33 Å². The lowest BCUT2D eigenvalue weighted by molar-refractivity contribution is 1.03. The third-order valence-electron chi connectivity index (χ3n) is 2.48. The smallest absolute Gasteiger partial charge is 0.267 e. The number of anilines is 1. The summed E-state index contributed by atoms with van der Waals surface area (Å²) in [5.41, 5.74) is 7.54. The van der Waals surface area contributed by atoms with Crippen molar-refractivity contribution in [2.45, 2.75) is 13.1 Å². The summed E-state index contributed by atoms with van der Waals surface area (Å²) < 4.78 is 0.403. The fraction of sp³-hybridized carbons (Fsp3) is 0.167. The fourth-order valence-electron chi connectivity index (χ4n) is 1.56. The first-order chi connectivity index (χ1) is 8.70. The number of hydrogen-bond donors (Lipinski definition) is 3. The molecule has 4 N–H and O–H groups in total. The molecule has 0 amide bonds. The molecule has 1 aromatic carbocycles. The average molecular weight is 309 g/mol. The summed E-state index contributed by atoms with van der Waals surface area (Å²) in [6.07, 6.45) is 1.37. The molecule has 0 aliphatic heterocycles. The first-order valence-corrected chi connectivity index (χ1v) is 6.25. The molecule has 0 fully saturated rings. The number of nitrogens with two attached hydrogens (primary N) is 1. The summed E-state index contributed by atoms with van der Waals surface area (Å²) >= 11 is 3.19. The molecule has 6 heteroatoms. The maximum Gasteiger partial charge on any atom is 0.267 e. The summed E-state index contributed by atoms with van der Waals surface area (Å²) in [5.74, 6) is 0.525. The van der Waals surface area contributed by atoms with Gasteiger partial charge in [-0.2, -0.15) is 0 Å². The molecule has 1 aromatic heterocycles. The molecule has 94 valence electrons. The van der Waals surface area contributed by atoms with Crippen molar-refractivity contribution in [2.24, 2.45) is 5.73 Å². The summed E-state index contributed by atoms with van der Waals surface area (Å²) in [5, 5.41) is 3.10. The van der Waals surface area contributed by atoms with Crippen LogP contribution in [0.5, 0.6) is 0 Å². The van der Waals surface area contributed by atoms with Crippen molar-refractivity contribution in [3.63, 3.8) is 0 Å². The number of nitrogens with one attached hydrogen (secondary N) is 2. The second-order valence-electron chi connectivity index (χ2n) is 3.77. The Morgan fingerprint density at radius 1 is 1.39 bits per heavy atom. The molecule has 0 unspecified atom stereocenters. The molecule has 2 aromatic rings. The van der Waals surface area contributed by atoms with E-state index >= 15 is 0 Å². The number of halogens is 1. The van der Waals surface area contributed by atoms with Crippen LogP contribution in [0.25, 0.3) is 0 Å². The zero-order valence-corrected chi connectivity index (χ0v) is 11.2. The van der Waals surface area contributed by atoms with Crippen molar-refractivity contribution in [3.05, 3.63) is 56.5 Å². The Morgan fingerprint density at radius 3 is 2.94 bits per heavy atom. The number of rotatable bonds is 4. The van der Waals surface area contributed by atoms with Gasteiger partial charge in [0.1, 0.15) is 10.3 Å². The maximum absolute atomic E-state index is 11.4. The molecule has 0 radical (unpaired) electrons. The fourth-order valence-corrected chi connectivity index (χ4v) is 1.92. The highest BCUT2D eigenvalue weighted by atomic mass is 79.9. The van der Waals surface area contributed by atoms with Crippen LogP contribution in [0.4, 0.5) is 5.82 Å². The molecular formula is C12H13BrN4O. The summed E-state index contributed by atoms with van der Waals surface area (Å²) in [4.78, 5) is 17.9. The van der Waals surface area contributed by atoms with E-state index in [1.807, 2.05) is 24.3 Å². The molecule has 18 heavy (non-hydrogen) atoms. The monoisotopic (exact) mass is 308 g/mol. The number of aromatic nitrogens is 2. The average Bonchev–Trinajstić information content (AvgIpc) is 2.41. The Hall–Kier alpha value is -1.66. The Kier molecular flexibility index (Phi) is 4.11. The van der Waals surface area contributed by atoms with Gasteiger partial charge in [0, 0.05) is 13.1 Å². The molecule has 0 bridgehead atoms. The van der Waals surface area contributed by atoms with Crippen molar-refractivity contribution < 1.29 is 0 Å². The van der Waals surface area contributed by atoms with Crippen molar-refractivity contribution in [1.82, 2.24) is 9.97 Å². The normalized spacial score (nSPS) is 10.3. The number of aromatic amines is 1. The lowest BCUT2D eigenvalue weighted by atomic mass is 10.1. The standard InChI is InChI=1S/C12H13BrN4O/c13-10-11(16-7-17-12(10)18)15-6-9-3-1-2-8(4-9)5-14/h1-4,7H,5-6,14H2,(H2,15,16,17,18). The van der Waals surface area contributed by atoms with Crippen LogP contribution in [0.1, 0.15) is 11.1 Å². The van der Waals surface area contributed by atoms with Gasteiger partial charge in [-0.3, -0.25) is 4.79 Å². The van der Waals surface area contributed by atoms with Gasteiger partial charge < -0.3 is 16.0 Å². The van der Waals surface area contributed by atoms with E-state index in [0.29, 0.717) is 23.4 Å². The van der Waals surface area contributed by atoms with Crippen LogP contribution >= 0.6 is 15.9 Å². The van der Waals surface area contributed by atoms with Gasteiger partial charge in [-0.15, -0.1) is 0 Å². The first kappa shape index (κ1) is 12.8. The molecule has 0 atom stereocenters. The molecule has 5 nitrogen and oxygen atoms in total. The van der Waals surface area contributed by atoms with Crippen LogP contribution < -0.4 is 16.6 Å². The third kappa shape index (κ3) is 2.96. The quantitative estimate of drug-likeness (QED) is 0.801. The van der Waals surface area contributed by atoms with Gasteiger partial charge in [0.2, 0.25) is 0 Å². The van der Waals surface area contributed by atoms with Crippen LogP contribution in [0.3, 0.4) is 0 Å². The van der Waals surface area contributed by atoms with Gasteiger partial charge in [-0.25, -0.2) is 4.98 Å². The summed E-state index contributed by atoms with van der Waals surface area (Å²) in [6, 6.07) is 7.95. The number of nitrogens with zero attached hydrogens (tertiary/aromatic N) is 1. The van der Waals surface area contributed by atoms with Gasteiger partial charge in [-0.1, -0.05) is 24.3 Å². The topological polar surface area (TPSA) is 83.8 Å². The summed E-state index contributed by atoms with van der Waals surface area (Å²) in [6.45, 7) is 1.10. The van der Waals surface area contributed by atoms with E-state index < -0.39 is 0 Å². The number of H-pyrrole nitrogens is 1. The molecule has 1 heterocycles. The minimum Gasteiger partial charge on any atom is -0.365 e. The Bertz CT molecular complexity index is 597. The van der Waals surface area contributed by atoms with Gasteiger partial charge in [0.25, 0.3) is 5.56 Å².